The lowest BCUT2D eigenvalue weighted by Crippen LogP contribution is -2.06. The number of hydrogen-bond donors (Lipinski definition) is 0. The molecule has 0 N–H and O–H groups in total. The molecule has 0 aliphatic heterocycles. The van der Waals surface area contributed by atoms with Gasteiger partial charge >= 0.3 is 0 Å². The van der Waals surface area contributed by atoms with Gasteiger partial charge < -0.3 is 14.2 Å². The van der Waals surface area contributed by atoms with Gasteiger partial charge in [0.05, 0.1) is 14.2 Å². The van der Waals surface area contributed by atoms with Crippen LogP contribution in [0.3, 0.4) is 0 Å². The van der Waals surface area contributed by atoms with E-state index in [4.69, 9.17) is 14.2 Å². The largest absolute Gasteiger partial charge is 0.493 e. The normalized spacial score (nSPS) is 12.5. The van der Waals surface area contributed by atoms with Gasteiger partial charge in [-0.3, -0.25) is 0 Å². The van der Waals surface area contributed by atoms with E-state index in [0.717, 1.165) is 5.56 Å². The molecule has 6 heteroatoms. The van der Waals surface area contributed by atoms with Gasteiger partial charge in [-0.1, -0.05) is 22.0 Å². The van der Waals surface area contributed by atoms with E-state index < -0.39 is 13.0 Å². The second-order valence-corrected chi connectivity index (χ2v) is 4.94. The Kier molecular flexibility index (Phi) is 7.09. The highest BCUT2D eigenvalue weighted by atomic mass is 79.9. The number of rotatable bonds is 8. The van der Waals surface area contributed by atoms with Crippen LogP contribution in [0.4, 0.5) is 8.78 Å². The quantitative estimate of drug-likeness (QED) is 0.532. The Morgan fingerprint density at radius 2 is 1.84 bits per heavy atom. The zero-order valence-electron chi connectivity index (χ0n) is 10.9. The van der Waals surface area contributed by atoms with E-state index in [2.05, 4.69) is 15.9 Å². The van der Waals surface area contributed by atoms with Crippen molar-refractivity contribution in [3.8, 4) is 11.5 Å². The highest BCUT2D eigenvalue weighted by Gasteiger charge is 2.12. The van der Waals surface area contributed by atoms with Crippen molar-refractivity contribution in [2.24, 2.45) is 0 Å². The van der Waals surface area contributed by atoms with Gasteiger partial charge in [0, 0.05) is 11.4 Å². The van der Waals surface area contributed by atoms with Crippen LogP contribution in [-0.4, -0.2) is 33.9 Å². The first kappa shape index (κ1) is 16.2. The minimum Gasteiger partial charge on any atom is -0.493 e. The fourth-order valence-electron chi connectivity index (χ4n) is 1.57. The standard InChI is InChI=1S/C13H17BrF2O3/c1-17-11-4-3-9(7-12(11)18-2)10(14)5-6-19-8-13(15)16/h3-4,7,10,13H,5-6,8H2,1-2H3. The average Bonchev–Trinajstić information content (AvgIpc) is 2.42. The summed E-state index contributed by atoms with van der Waals surface area (Å²) in [6.07, 6.45) is -1.82. The molecule has 1 aromatic carbocycles. The van der Waals surface area contributed by atoms with Crippen LogP contribution in [-0.2, 0) is 4.74 Å². The van der Waals surface area contributed by atoms with E-state index in [1.807, 2.05) is 18.2 Å². The van der Waals surface area contributed by atoms with Gasteiger partial charge in [0.15, 0.2) is 11.5 Å². The summed E-state index contributed by atoms with van der Waals surface area (Å²) >= 11 is 3.50. The van der Waals surface area contributed by atoms with Crippen molar-refractivity contribution in [3.05, 3.63) is 23.8 Å². The van der Waals surface area contributed by atoms with Crippen LogP contribution in [0.5, 0.6) is 11.5 Å². The lowest BCUT2D eigenvalue weighted by molar-refractivity contribution is 0.0167. The Morgan fingerprint density at radius 1 is 1.16 bits per heavy atom. The van der Waals surface area contributed by atoms with Crippen LogP contribution in [0, 0.1) is 0 Å². The molecule has 0 amide bonds. The van der Waals surface area contributed by atoms with Gasteiger partial charge in [-0.15, -0.1) is 0 Å². The summed E-state index contributed by atoms with van der Waals surface area (Å²) in [5.41, 5.74) is 0.985. The molecule has 1 atom stereocenters. The van der Waals surface area contributed by atoms with Crippen LogP contribution in [0.15, 0.2) is 18.2 Å². The average molecular weight is 339 g/mol. The SMILES string of the molecule is COc1ccc(C(Br)CCOCC(F)F)cc1OC. The monoisotopic (exact) mass is 338 g/mol. The maximum atomic E-state index is 11.9. The molecule has 0 spiro atoms. The Labute approximate surface area is 120 Å². The minimum absolute atomic E-state index is 0.0185. The maximum absolute atomic E-state index is 11.9. The third-order valence-corrected chi connectivity index (χ3v) is 3.52. The van der Waals surface area contributed by atoms with Crippen molar-refractivity contribution < 1.29 is 23.0 Å². The number of methoxy groups -OCH3 is 2. The fraction of sp³-hybridized carbons (Fsp3) is 0.538. The predicted molar refractivity (Wildman–Crippen MR) is 72.7 cm³/mol. The molecule has 1 unspecified atom stereocenters. The molecule has 0 aromatic heterocycles. The molecule has 0 saturated carbocycles. The fourth-order valence-corrected chi connectivity index (χ4v) is 2.05. The molecule has 0 bridgehead atoms. The van der Waals surface area contributed by atoms with Gasteiger partial charge in [0.1, 0.15) is 6.61 Å². The van der Waals surface area contributed by atoms with Crippen LogP contribution in [0.25, 0.3) is 0 Å². The molecule has 0 radical (unpaired) electrons. The molecule has 3 nitrogen and oxygen atoms in total. The molecule has 1 rings (SSSR count). The molecule has 0 aliphatic rings. The van der Waals surface area contributed by atoms with Crippen LogP contribution < -0.4 is 9.47 Å². The van der Waals surface area contributed by atoms with Gasteiger partial charge in [0.2, 0.25) is 0 Å². The molecule has 1 aromatic rings. The highest BCUT2D eigenvalue weighted by Crippen LogP contribution is 2.34. The highest BCUT2D eigenvalue weighted by molar-refractivity contribution is 9.09. The van der Waals surface area contributed by atoms with E-state index >= 15 is 0 Å². The third-order valence-electron chi connectivity index (χ3n) is 2.53. The van der Waals surface area contributed by atoms with E-state index in [1.165, 1.54) is 0 Å². The van der Waals surface area contributed by atoms with E-state index in [-0.39, 0.29) is 11.4 Å². The van der Waals surface area contributed by atoms with E-state index in [9.17, 15) is 8.78 Å². The summed E-state index contributed by atoms with van der Waals surface area (Å²) in [4.78, 5) is 0.0185. The minimum atomic E-state index is -2.42. The van der Waals surface area contributed by atoms with Crippen LogP contribution in [0.2, 0.25) is 0 Å². The Hall–Kier alpha value is -0.880. The number of halogens is 3. The van der Waals surface area contributed by atoms with Crippen LogP contribution in [0.1, 0.15) is 16.8 Å². The topological polar surface area (TPSA) is 27.7 Å². The smallest absolute Gasteiger partial charge is 0.261 e. The predicted octanol–water partition coefficient (Wildman–Crippen LogP) is 3.81. The Balaban J connectivity index is 2.54. The molecular formula is C13H17BrF2O3. The van der Waals surface area contributed by atoms with Crippen molar-refractivity contribution in [2.45, 2.75) is 17.7 Å². The molecule has 0 saturated heterocycles. The number of benzene rings is 1. The second-order valence-electron chi connectivity index (χ2n) is 3.84. The first-order valence-corrected chi connectivity index (χ1v) is 6.72. The summed E-state index contributed by atoms with van der Waals surface area (Å²) in [5.74, 6) is 1.29. The lowest BCUT2D eigenvalue weighted by Gasteiger charge is -2.14. The van der Waals surface area contributed by atoms with Gasteiger partial charge in [-0.25, -0.2) is 8.78 Å². The number of ether oxygens (including phenoxy) is 3. The summed E-state index contributed by atoms with van der Waals surface area (Å²) in [6.45, 7) is -0.250. The van der Waals surface area contributed by atoms with E-state index in [1.54, 1.807) is 14.2 Å². The molecule has 0 fully saturated rings. The lowest BCUT2D eigenvalue weighted by atomic mass is 10.1. The van der Waals surface area contributed by atoms with Crippen molar-refractivity contribution in [2.75, 3.05) is 27.4 Å². The maximum Gasteiger partial charge on any atom is 0.261 e. The zero-order valence-corrected chi connectivity index (χ0v) is 12.5. The summed E-state index contributed by atoms with van der Waals surface area (Å²) in [5, 5.41) is 0. The Morgan fingerprint density at radius 3 is 2.42 bits per heavy atom. The zero-order chi connectivity index (χ0) is 14.3. The summed E-state index contributed by atoms with van der Waals surface area (Å²) in [6, 6.07) is 5.56. The van der Waals surface area contributed by atoms with Crippen molar-refractivity contribution in [3.63, 3.8) is 0 Å². The first-order chi connectivity index (χ1) is 9.08. The first-order valence-electron chi connectivity index (χ1n) is 5.80. The van der Waals surface area contributed by atoms with Gasteiger partial charge in [-0.05, 0) is 24.1 Å². The molecule has 0 heterocycles. The number of alkyl halides is 3. The summed E-state index contributed by atoms with van der Waals surface area (Å²) < 4.78 is 39.0. The summed E-state index contributed by atoms with van der Waals surface area (Å²) in [7, 11) is 3.14. The van der Waals surface area contributed by atoms with Crippen molar-refractivity contribution in [1.82, 2.24) is 0 Å². The number of hydrogen-bond acceptors (Lipinski definition) is 3. The molecule has 19 heavy (non-hydrogen) atoms. The van der Waals surface area contributed by atoms with Gasteiger partial charge in [0.25, 0.3) is 6.43 Å². The van der Waals surface area contributed by atoms with Crippen LogP contribution >= 0.6 is 15.9 Å². The van der Waals surface area contributed by atoms with Gasteiger partial charge in [-0.2, -0.15) is 0 Å². The van der Waals surface area contributed by atoms with Crippen molar-refractivity contribution in [1.29, 1.82) is 0 Å². The molecule has 0 aliphatic carbocycles. The Bertz CT molecular complexity index is 388. The molecule has 108 valence electrons. The second kappa shape index (κ2) is 8.32. The van der Waals surface area contributed by atoms with E-state index in [0.29, 0.717) is 17.9 Å². The van der Waals surface area contributed by atoms with Crippen molar-refractivity contribution >= 4 is 15.9 Å². The third kappa shape index (κ3) is 5.32. The molecular weight excluding hydrogens is 322 g/mol.